The highest BCUT2D eigenvalue weighted by Crippen LogP contribution is 2.45. The number of carbonyl (C=O) groups is 2. The molecule has 6 heteroatoms. The molecule has 5 nitrogen and oxygen atoms in total. The quantitative estimate of drug-likeness (QED) is 0.472. The molecule has 1 aromatic carbocycles. The van der Waals surface area contributed by atoms with E-state index in [9.17, 15) is 9.59 Å². The maximum Gasteiger partial charge on any atom is 0.345 e. The molecule has 17 heavy (non-hydrogen) atoms. The summed E-state index contributed by atoms with van der Waals surface area (Å²) in [5.41, 5.74) is 0.209. The summed E-state index contributed by atoms with van der Waals surface area (Å²) in [4.78, 5) is 24.3. The number of carboxylic acids is 2. The molecule has 0 saturated carbocycles. The van der Waals surface area contributed by atoms with Gasteiger partial charge in [-0.15, -0.1) is 0 Å². The highest BCUT2D eigenvalue weighted by atomic mass is 32.2. The standard InChI is InChI=1S/C11H9NO4S/c1-12-6-4-2-3-5-7(6)17-9(12)8(10(13)14)11(15)16/h2-5H,1H3,(H,13,14)(H,15,16). The van der Waals surface area contributed by atoms with Gasteiger partial charge < -0.3 is 15.1 Å². The third-order valence-electron chi connectivity index (χ3n) is 2.38. The zero-order valence-corrected chi connectivity index (χ0v) is 9.69. The van der Waals surface area contributed by atoms with Gasteiger partial charge in [0.15, 0.2) is 5.57 Å². The second kappa shape index (κ2) is 4.14. The molecular formula is C11H9NO4S. The molecule has 2 N–H and O–H groups in total. The Bertz CT molecular complexity index is 522. The normalized spacial score (nSPS) is 13.5. The average Bonchev–Trinajstić information content (AvgIpc) is 2.56. The number of fused-ring (bicyclic) bond motifs is 1. The van der Waals surface area contributed by atoms with Crippen LogP contribution in [0.2, 0.25) is 0 Å². The lowest BCUT2D eigenvalue weighted by Crippen LogP contribution is -2.20. The summed E-state index contributed by atoms with van der Waals surface area (Å²) in [6.07, 6.45) is 0. The number of hydrogen-bond donors (Lipinski definition) is 2. The Kier molecular flexibility index (Phi) is 2.81. The van der Waals surface area contributed by atoms with Gasteiger partial charge in [0.1, 0.15) is 5.03 Å². The van der Waals surface area contributed by atoms with E-state index in [1.807, 2.05) is 24.3 Å². The Morgan fingerprint density at radius 3 is 2.29 bits per heavy atom. The SMILES string of the molecule is CN1C(=C(C(=O)O)C(=O)O)Sc2ccccc21. The van der Waals surface area contributed by atoms with E-state index in [1.54, 1.807) is 11.9 Å². The smallest absolute Gasteiger partial charge is 0.345 e. The van der Waals surface area contributed by atoms with Crippen molar-refractivity contribution in [2.24, 2.45) is 0 Å². The number of para-hydroxylation sites is 1. The predicted octanol–water partition coefficient (Wildman–Crippen LogP) is 1.61. The first kappa shape index (κ1) is 11.5. The first-order chi connectivity index (χ1) is 8.02. The van der Waals surface area contributed by atoms with Crippen LogP contribution < -0.4 is 4.90 Å². The van der Waals surface area contributed by atoms with Gasteiger partial charge in [-0.1, -0.05) is 23.9 Å². The Balaban J connectivity index is 2.55. The highest BCUT2D eigenvalue weighted by Gasteiger charge is 2.31. The molecule has 2 rings (SSSR count). The summed E-state index contributed by atoms with van der Waals surface area (Å²) in [6, 6.07) is 7.28. The van der Waals surface area contributed by atoms with Crippen molar-refractivity contribution in [2.75, 3.05) is 11.9 Å². The van der Waals surface area contributed by atoms with Crippen LogP contribution in [0.3, 0.4) is 0 Å². The zero-order valence-electron chi connectivity index (χ0n) is 8.88. The fourth-order valence-corrected chi connectivity index (χ4v) is 2.77. The van der Waals surface area contributed by atoms with Gasteiger partial charge >= 0.3 is 11.9 Å². The maximum absolute atomic E-state index is 10.9. The fourth-order valence-electron chi connectivity index (χ4n) is 1.60. The minimum Gasteiger partial charge on any atom is -0.477 e. The minimum absolute atomic E-state index is 0.228. The van der Waals surface area contributed by atoms with Gasteiger partial charge in [-0.25, -0.2) is 9.59 Å². The molecule has 0 fully saturated rings. The van der Waals surface area contributed by atoms with E-state index in [0.29, 0.717) is 0 Å². The molecule has 0 saturated heterocycles. The molecule has 1 aliphatic rings. The molecule has 0 spiro atoms. The Morgan fingerprint density at radius 1 is 1.18 bits per heavy atom. The van der Waals surface area contributed by atoms with Crippen molar-refractivity contribution >= 4 is 29.4 Å². The van der Waals surface area contributed by atoms with Crippen LogP contribution in [0.15, 0.2) is 39.8 Å². The van der Waals surface area contributed by atoms with E-state index in [1.165, 1.54) is 0 Å². The van der Waals surface area contributed by atoms with E-state index in [2.05, 4.69) is 0 Å². The Morgan fingerprint density at radius 2 is 1.76 bits per heavy atom. The highest BCUT2D eigenvalue weighted by molar-refractivity contribution is 8.03. The van der Waals surface area contributed by atoms with Crippen molar-refractivity contribution in [1.82, 2.24) is 0 Å². The molecule has 0 radical (unpaired) electrons. The van der Waals surface area contributed by atoms with Crippen molar-refractivity contribution in [3.8, 4) is 0 Å². The van der Waals surface area contributed by atoms with E-state index in [-0.39, 0.29) is 5.03 Å². The van der Waals surface area contributed by atoms with Gasteiger partial charge in [-0.3, -0.25) is 0 Å². The molecule has 0 bridgehead atoms. The lowest BCUT2D eigenvalue weighted by Gasteiger charge is -2.14. The van der Waals surface area contributed by atoms with Crippen LogP contribution in [0, 0.1) is 0 Å². The van der Waals surface area contributed by atoms with Crippen LogP contribution in [0.5, 0.6) is 0 Å². The molecule has 0 aromatic heterocycles. The first-order valence-electron chi connectivity index (χ1n) is 4.74. The largest absolute Gasteiger partial charge is 0.477 e. The lowest BCUT2D eigenvalue weighted by atomic mass is 10.2. The number of rotatable bonds is 2. The average molecular weight is 251 g/mol. The van der Waals surface area contributed by atoms with Gasteiger partial charge in [0.2, 0.25) is 0 Å². The maximum atomic E-state index is 10.9. The number of carboxylic acid groups (broad SMARTS) is 2. The first-order valence-corrected chi connectivity index (χ1v) is 5.55. The number of aliphatic carboxylic acids is 2. The molecule has 0 unspecified atom stereocenters. The summed E-state index contributed by atoms with van der Waals surface area (Å²) in [5, 5.41) is 18.1. The minimum atomic E-state index is -1.43. The topological polar surface area (TPSA) is 77.8 Å². The van der Waals surface area contributed by atoms with Gasteiger partial charge in [0.25, 0.3) is 0 Å². The van der Waals surface area contributed by atoms with Crippen LogP contribution in [-0.4, -0.2) is 29.2 Å². The number of nitrogens with zero attached hydrogens (tertiary/aromatic N) is 1. The predicted molar refractivity (Wildman–Crippen MR) is 63.0 cm³/mol. The monoisotopic (exact) mass is 251 g/mol. The number of thioether (sulfide) groups is 1. The van der Waals surface area contributed by atoms with Crippen molar-refractivity contribution in [1.29, 1.82) is 0 Å². The van der Waals surface area contributed by atoms with Crippen LogP contribution in [-0.2, 0) is 9.59 Å². The molecule has 88 valence electrons. The van der Waals surface area contributed by atoms with Gasteiger partial charge in [-0.05, 0) is 12.1 Å². The van der Waals surface area contributed by atoms with E-state index >= 15 is 0 Å². The summed E-state index contributed by atoms with van der Waals surface area (Å²) in [6.45, 7) is 0. The molecule has 1 aliphatic heterocycles. The van der Waals surface area contributed by atoms with Crippen LogP contribution in [0.4, 0.5) is 5.69 Å². The summed E-state index contributed by atoms with van der Waals surface area (Å²) >= 11 is 1.15. The molecule has 1 heterocycles. The summed E-state index contributed by atoms with van der Waals surface area (Å²) in [5.74, 6) is -2.86. The fraction of sp³-hybridized carbons (Fsp3) is 0.0909. The number of anilines is 1. The molecule has 1 aromatic rings. The van der Waals surface area contributed by atoms with E-state index in [0.717, 1.165) is 22.3 Å². The number of benzene rings is 1. The van der Waals surface area contributed by atoms with E-state index in [4.69, 9.17) is 10.2 Å². The van der Waals surface area contributed by atoms with Gasteiger partial charge in [0.05, 0.1) is 5.69 Å². The van der Waals surface area contributed by atoms with Gasteiger partial charge in [-0.2, -0.15) is 0 Å². The van der Waals surface area contributed by atoms with Crippen molar-refractivity contribution in [3.63, 3.8) is 0 Å². The third kappa shape index (κ3) is 1.87. The van der Waals surface area contributed by atoms with Crippen LogP contribution in [0.25, 0.3) is 0 Å². The van der Waals surface area contributed by atoms with Crippen molar-refractivity contribution in [3.05, 3.63) is 34.9 Å². The van der Waals surface area contributed by atoms with Crippen LogP contribution in [0.1, 0.15) is 0 Å². The zero-order chi connectivity index (χ0) is 12.6. The molecule has 0 atom stereocenters. The number of hydrogen-bond acceptors (Lipinski definition) is 4. The van der Waals surface area contributed by atoms with E-state index < -0.39 is 17.5 Å². The lowest BCUT2D eigenvalue weighted by molar-refractivity contribution is -0.140. The molecular weight excluding hydrogens is 242 g/mol. The second-order valence-electron chi connectivity index (χ2n) is 3.42. The summed E-state index contributed by atoms with van der Waals surface area (Å²) < 4.78 is 0. The van der Waals surface area contributed by atoms with Crippen LogP contribution >= 0.6 is 11.8 Å². The van der Waals surface area contributed by atoms with Gasteiger partial charge in [0, 0.05) is 11.9 Å². The second-order valence-corrected chi connectivity index (χ2v) is 4.45. The third-order valence-corrected chi connectivity index (χ3v) is 3.62. The Labute approximate surface area is 101 Å². The van der Waals surface area contributed by atoms with Crippen molar-refractivity contribution in [2.45, 2.75) is 4.90 Å². The summed E-state index contributed by atoms with van der Waals surface area (Å²) in [7, 11) is 1.65. The van der Waals surface area contributed by atoms with Crippen molar-refractivity contribution < 1.29 is 19.8 Å². The molecule has 0 aliphatic carbocycles. The molecule has 0 amide bonds. The Hall–Kier alpha value is -1.95.